The molecule has 0 unspecified atom stereocenters. The highest BCUT2D eigenvalue weighted by Gasteiger charge is 2.16. The molecule has 0 aliphatic rings. The summed E-state index contributed by atoms with van der Waals surface area (Å²) in [5, 5.41) is 14.4. The molecule has 0 atom stereocenters. The second kappa shape index (κ2) is 7.23. The van der Waals surface area contributed by atoms with E-state index in [1.54, 1.807) is 13.1 Å². The first-order valence-electron chi connectivity index (χ1n) is 6.76. The van der Waals surface area contributed by atoms with E-state index < -0.39 is 16.4 Å². The van der Waals surface area contributed by atoms with Crippen LogP contribution in [0.25, 0.3) is 0 Å². The van der Waals surface area contributed by atoms with Gasteiger partial charge in [-0.15, -0.1) is 0 Å². The van der Waals surface area contributed by atoms with E-state index in [1.165, 1.54) is 17.8 Å². The lowest BCUT2D eigenvalue weighted by molar-refractivity contribution is -0.387. The van der Waals surface area contributed by atoms with Gasteiger partial charge in [0.2, 0.25) is 5.82 Å². The van der Waals surface area contributed by atoms with Gasteiger partial charge in [-0.1, -0.05) is 11.8 Å². The third-order valence-electron chi connectivity index (χ3n) is 3.26. The van der Waals surface area contributed by atoms with Crippen LogP contribution in [-0.2, 0) is 6.42 Å². The Morgan fingerprint density at radius 3 is 2.83 bits per heavy atom. The third kappa shape index (κ3) is 4.07. The average Bonchev–Trinajstić information content (AvgIpc) is 2.50. The maximum absolute atomic E-state index is 13.5. The smallest absolute Gasteiger partial charge is 0.306 e. The summed E-state index contributed by atoms with van der Waals surface area (Å²) in [6.45, 7) is 2.15. The summed E-state index contributed by atoms with van der Waals surface area (Å²) in [5.41, 5.74) is 7.20. The van der Waals surface area contributed by atoms with Gasteiger partial charge in [0.15, 0.2) is 5.16 Å². The molecule has 0 spiro atoms. The lowest BCUT2D eigenvalue weighted by atomic mass is 10.1. The lowest BCUT2D eigenvalue weighted by Gasteiger charge is -2.11. The molecule has 0 amide bonds. The van der Waals surface area contributed by atoms with Crippen molar-refractivity contribution in [1.82, 2.24) is 9.97 Å². The zero-order chi connectivity index (χ0) is 17.0. The molecule has 0 aliphatic carbocycles. The first-order chi connectivity index (χ1) is 10.9. The summed E-state index contributed by atoms with van der Waals surface area (Å²) < 4.78 is 13.5. The number of rotatable bonds is 6. The zero-order valence-electron chi connectivity index (χ0n) is 12.7. The van der Waals surface area contributed by atoms with E-state index >= 15 is 0 Å². The molecule has 9 heteroatoms. The second-order valence-corrected chi connectivity index (χ2v) is 5.59. The minimum atomic E-state index is -0.844. The molecule has 3 N–H and O–H groups in total. The fraction of sp³-hybridized carbons (Fsp3) is 0.286. The Labute approximate surface area is 136 Å². The molecule has 0 aliphatic heterocycles. The number of aromatic nitrogens is 2. The maximum Gasteiger partial charge on any atom is 0.306 e. The van der Waals surface area contributed by atoms with Crippen LogP contribution in [0.4, 0.5) is 21.6 Å². The molecule has 0 fully saturated rings. The van der Waals surface area contributed by atoms with Crippen LogP contribution in [0, 0.1) is 22.9 Å². The number of aryl methyl sites for hydroxylation is 1. The summed E-state index contributed by atoms with van der Waals surface area (Å²) in [5.74, 6) is -0.434. The number of benzene rings is 1. The number of nitro groups is 1. The van der Waals surface area contributed by atoms with Crippen molar-refractivity contribution in [2.45, 2.75) is 18.5 Å². The largest absolute Gasteiger partial charge is 0.384 e. The number of nitrogen functional groups attached to an aromatic ring is 1. The van der Waals surface area contributed by atoms with E-state index in [0.717, 1.165) is 11.6 Å². The molecule has 23 heavy (non-hydrogen) atoms. The quantitative estimate of drug-likeness (QED) is 0.361. The highest BCUT2D eigenvalue weighted by molar-refractivity contribution is 7.98. The Bertz CT molecular complexity index is 741. The van der Waals surface area contributed by atoms with Crippen LogP contribution in [0.3, 0.4) is 0 Å². The molecule has 0 bridgehead atoms. The number of hydrogen-bond donors (Lipinski definition) is 2. The number of hydrogen-bond acceptors (Lipinski definition) is 7. The monoisotopic (exact) mass is 337 g/mol. The summed E-state index contributed by atoms with van der Waals surface area (Å²) in [6.07, 6.45) is 4.07. The van der Waals surface area contributed by atoms with E-state index in [2.05, 4.69) is 15.3 Å². The Morgan fingerprint density at radius 2 is 2.22 bits per heavy atom. The Balaban J connectivity index is 2.07. The van der Waals surface area contributed by atoms with Crippen LogP contribution in [0.1, 0.15) is 11.1 Å². The average molecular weight is 337 g/mol. The van der Waals surface area contributed by atoms with Crippen molar-refractivity contribution in [3.8, 4) is 0 Å². The molecular formula is C14H16FN5O2S. The van der Waals surface area contributed by atoms with Gasteiger partial charge < -0.3 is 11.1 Å². The predicted molar refractivity (Wildman–Crippen MR) is 88.2 cm³/mol. The van der Waals surface area contributed by atoms with E-state index in [9.17, 15) is 14.5 Å². The first-order valence-corrected chi connectivity index (χ1v) is 7.98. The topological polar surface area (TPSA) is 107 Å². The molecule has 1 aromatic carbocycles. The Morgan fingerprint density at radius 1 is 1.48 bits per heavy atom. The highest BCUT2D eigenvalue weighted by atomic mass is 32.2. The lowest BCUT2D eigenvalue weighted by Crippen LogP contribution is -2.10. The molecule has 0 saturated heterocycles. The van der Waals surface area contributed by atoms with E-state index in [4.69, 9.17) is 5.73 Å². The van der Waals surface area contributed by atoms with Crippen molar-refractivity contribution < 1.29 is 9.31 Å². The molecule has 7 nitrogen and oxygen atoms in total. The van der Waals surface area contributed by atoms with Crippen LogP contribution in [-0.4, -0.2) is 27.7 Å². The van der Waals surface area contributed by atoms with Gasteiger partial charge in [-0.05, 0) is 31.2 Å². The number of nitrogens with one attached hydrogen (secondary N) is 1. The molecule has 0 radical (unpaired) electrons. The highest BCUT2D eigenvalue weighted by Crippen LogP contribution is 2.25. The van der Waals surface area contributed by atoms with Crippen LogP contribution in [0.5, 0.6) is 0 Å². The van der Waals surface area contributed by atoms with Gasteiger partial charge in [-0.2, -0.15) is 4.39 Å². The predicted octanol–water partition coefficient (Wildman–Crippen LogP) is 2.79. The first kappa shape index (κ1) is 16.9. The Kier molecular flexibility index (Phi) is 5.32. The van der Waals surface area contributed by atoms with Crippen LogP contribution >= 0.6 is 11.8 Å². The van der Waals surface area contributed by atoms with Crippen LogP contribution < -0.4 is 11.1 Å². The van der Waals surface area contributed by atoms with Gasteiger partial charge in [0.1, 0.15) is 5.82 Å². The maximum atomic E-state index is 13.5. The third-order valence-corrected chi connectivity index (χ3v) is 3.82. The summed E-state index contributed by atoms with van der Waals surface area (Å²) >= 11 is 1.40. The van der Waals surface area contributed by atoms with Crippen molar-refractivity contribution >= 4 is 29.0 Å². The molecule has 1 aromatic heterocycles. The van der Waals surface area contributed by atoms with E-state index in [0.29, 0.717) is 35.2 Å². The minimum Gasteiger partial charge on any atom is -0.384 e. The van der Waals surface area contributed by atoms with Gasteiger partial charge in [-0.25, -0.2) is 9.97 Å². The molecule has 2 rings (SSSR count). The molecule has 2 aromatic rings. The van der Waals surface area contributed by atoms with Crippen molar-refractivity contribution in [3.05, 3.63) is 45.4 Å². The van der Waals surface area contributed by atoms with E-state index in [1.807, 2.05) is 6.26 Å². The summed E-state index contributed by atoms with van der Waals surface area (Å²) in [6, 6.07) is 2.34. The van der Waals surface area contributed by atoms with Gasteiger partial charge in [-0.3, -0.25) is 10.1 Å². The number of anilines is 2. The SMILES string of the molecule is CSc1ncc(CCNc2cc([N+](=O)[O-])c(F)cc2C)c(N)n1. The zero-order valence-corrected chi connectivity index (χ0v) is 13.5. The van der Waals surface area contributed by atoms with Crippen molar-refractivity contribution in [2.75, 3.05) is 23.9 Å². The fourth-order valence-corrected chi connectivity index (χ4v) is 2.37. The van der Waals surface area contributed by atoms with Crippen molar-refractivity contribution in [3.63, 3.8) is 0 Å². The normalized spacial score (nSPS) is 10.6. The molecular weight excluding hydrogens is 321 g/mol. The summed E-state index contributed by atoms with van der Waals surface area (Å²) in [4.78, 5) is 18.3. The van der Waals surface area contributed by atoms with E-state index in [-0.39, 0.29) is 0 Å². The van der Waals surface area contributed by atoms with Crippen LogP contribution in [0.15, 0.2) is 23.5 Å². The number of nitrogens with two attached hydrogens (primary N) is 1. The minimum absolute atomic E-state index is 0.410. The standard InChI is InChI=1S/C14H16FN5O2S/c1-8-5-10(15)12(20(21)22)6-11(8)17-4-3-9-7-18-14(23-2)19-13(9)16/h5-7,17H,3-4H2,1-2H3,(H2,16,18,19). The molecule has 0 saturated carbocycles. The Hall–Kier alpha value is -2.42. The number of thioether (sulfide) groups is 1. The molecule has 1 heterocycles. The van der Waals surface area contributed by atoms with Crippen molar-refractivity contribution in [2.24, 2.45) is 0 Å². The van der Waals surface area contributed by atoms with Gasteiger partial charge >= 0.3 is 5.69 Å². The number of nitro benzene ring substituents is 1. The number of nitrogens with zero attached hydrogens (tertiary/aromatic N) is 3. The van der Waals surface area contributed by atoms with Gasteiger partial charge in [0, 0.05) is 30.1 Å². The molecule has 122 valence electrons. The van der Waals surface area contributed by atoms with Gasteiger partial charge in [0.25, 0.3) is 0 Å². The van der Waals surface area contributed by atoms with Crippen molar-refractivity contribution in [1.29, 1.82) is 0 Å². The number of halogens is 1. The van der Waals surface area contributed by atoms with Crippen LogP contribution in [0.2, 0.25) is 0 Å². The fourth-order valence-electron chi connectivity index (χ4n) is 2.02. The summed E-state index contributed by atoms with van der Waals surface area (Å²) in [7, 11) is 0. The second-order valence-electron chi connectivity index (χ2n) is 4.82. The van der Waals surface area contributed by atoms with Gasteiger partial charge in [0.05, 0.1) is 4.92 Å².